The fraction of sp³-hybridized carbons (Fsp3) is 0.696. The predicted octanol–water partition coefficient (Wildman–Crippen LogP) is 4.40. The molecule has 5 aliphatic rings. The van der Waals surface area contributed by atoms with Crippen LogP contribution in [0.4, 0.5) is 0 Å². The van der Waals surface area contributed by atoms with Gasteiger partial charge in [-0.15, -0.1) is 0 Å². The van der Waals surface area contributed by atoms with Crippen molar-refractivity contribution in [3.8, 4) is 0 Å². The molecule has 5 fully saturated rings. The minimum absolute atomic E-state index is 0.0957. The fourth-order valence-corrected chi connectivity index (χ4v) is 6.11. The second-order valence-corrected chi connectivity index (χ2v) is 9.33. The van der Waals surface area contributed by atoms with E-state index in [1.807, 2.05) is 13.0 Å². The van der Waals surface area contributed by atoms with E-state index >= 15 is 0 Å². The third kappa shape index (κ3) is 2.82. The molecule has 7 atom stereocenters. The van der Waals surface area contributed by atoms with Crippen LogP contribution in [-0.2, 0) is 30.5 Å². The van der Waals surface area contributed by atoms with Crippen LogP contribution in [0.25, 0.3) is 0 Å². The van der Waals surface area contributed by atoms with Crippen LogP contribution in [0.1, 0.15) is 57.9 Å². The zero-order valence-corrected chi connectivity index (χ0v) is 16.8. The first kappa shape index (κ1) is 18.6. The molecule has 2 bridgehead atoms. The SMILES string of the molecule is C[C@@H]1CC[C@H]2[C@@H](CCCc3ccccc3)C(=O)O[C@H]3O[C@@]4(C)CC[C@@H]1[C@]32OO4. The van der Waals surface area contributed by atoms with Crippen LogP contribution >= 0.6 is 0 Å². The first-order valence-electron chi connectivity index (χ1n) is 10.8. The summed E-state index contributed by atoms with van der Waals surface area (Å²) in [4.78, 5) is 24.9. The van der Waals surface area contributed by atoms with Gasteiger partial charge in [0.2, 0.25) is 12.1 Å². The molecule has 1 aromatic carbocycles. The maximum Gasteiger partial charge on any atom is 0.311 e. The molecule has 0 aromatic heterocycles. The van der Waals surface area contributed by atoms with E-state index in [0.29, 0.717) is 11.8 Å². The highest BCUT2D eigenvalue weighted by atomic mass is 17.3. The molecule has 4 heterocycles. The van der Waals surface area contributed by atoms with Crippen molar-refractivity contribution in [1.29, 1.82) is 0 Å². The van der Waals surface area contributed by atoms with Crippen molar-refractivity contribution >= 4 is 5.97 Å². The van der Waals surface area contributed by atoms with Crippen molar-refractivity contribution in [2.45, 2.75) is 76.5 Å². The topological polar surface area (TPSA) is 54.0 Å². The first-order chi connectivity index (χ1) is 13.5. The Balaban J connectivity index is 1.40. The number of ether oxygens (including phenoxy) is 2. The van der Waals surface area contributed by atoms with Gasteiger partial charge < -0.3 is 9.47 Å². The lowest BCUT2D eigenvalue weighted by Gasteiger charge is -2.58. The molecule has 28 heavy (non-hydrogen) atoms. The molecule has 1 aromatic rings. The van der Waals surface area contributed by atoms with Crippen LogP contribution < -0.4 is 0 Å². The van der Waals surface area contributed by atoms with Gasteiger partial charge in [-0.2, -0.15) is 0 Å². The molecule has 5 heteroatoms. The van der Waals surface area contributed by atoms with Crippen molar-refractivity contribution in [3.05, 3.63) is 35.9 Å². The number of aryl methyl sites for hydroxylation is 1. The van der Waals surface area contributed by atoms with E-state index in [-0.39, 0.29) is 17.8 Å². The molecular formula is C23H30O5. The van der Waals surface area contributed by atoms with Crippen molar-refractivity contribution in [3.63, 3.8) is 0 Å². The normalized spacial score (nSPS) is 44.5. The standard InChI is InChI=1S/C23H30O5/c1-15-11-12-19-17(10-6-9-16-7-4-3-5-8-16)20(24)25-21-23(19)18(15)13-14-22(2,26-21)27-28-23/h3-5,7-8,15,17-19,21H,6,9-14H2,1-2H3/t15-,17-,18+,19+,21+,22-,23-/m1/s1. The van der Waals surface area contributed by atoms with E-state index in [1.165, 1.54) is 5.56 Å². The number of rotatable bonds is 4. The Labute approximate surface area is 166 Å². The Morgan fingerprint density at radius 3 is 2.71 bits per heavy atom. The Hall–Kier alpha value is -1.43. The van der Waals surface area contributed by atoms with Crippen LogP contribution in [0.2, 0.25) is 0 Å². The Bertz CT molecular complexity index is 736. The Morgan fingerprint density at radius 1 is 1.07 bits per heavy atom. The second kappa shape index (κ2) is 6.82. The molecular weight excluding hydrogens is 356 g/mol. The molecule has 0 N–H and O–H groups in total. The molecule has 1 saturated carbocycles. The van der Waals surface area contributed by atoms with Crippen LogP contribution in [0.15, 0.2) is 30.3 Å². The summed E-state index contributed by atoms with van der Waals surface area (Å²) in [6, 6.07) is 10.4. The zero-order valence-electron chi connectivity index (χ0n) is 16.8. The predicted molar refractivity (Wildman–Crippen MR) is 102 cm³/mol. The van der Waals surface area contributed by atoms with Crippen molar-refractivity contribution in [1.82, 2.24) is 0 Å². The van der Waals surface area contributed by atoms with E-state index in [9.17, 15) is 4.79 Å². The summed E-state index contributed by atoms with van der Waals surface area (Å²) in [6.45, 7) is 4.18. The van der Waals surface area contributed by atoms with E-state index < -0.39 is 17.7 Å². The minimum Gasteiger partial charge on any atom is -0.432 e. The van der Waals surface area contributed by atoms with Gasteiger partial charge in [0.15, 0.2) is 5.60 Å². The Morgan fingerprint density at radius 2 is 1.89 bits per heavy atom. The third-order valence-corrected chi connectivity index (χ3v) is 7.61. The molecule has 6 rings (SSSR count). The molecule has 5 nitrogen and oxygen atoms in total. The minimum atomic E-state index is -0.821. The van der Waals surface area contributed by atoms with Crippen LogP contribution in [0.5, 0.6) is 0 Å². The van der Waals surface area contributed by atoms with Crippen LogP contribution in [0, 0.1) is 23.7 Å². The lowest BCUT2D eigenvalue weighted by Crippen LogP contribution is -2.70. The van der Waals surface area contributed by atoms with Crippen LogP contribution in [-0.4, -0.2) is 23.6 Å². The number of esters is 1. The number of fused-ring (bicyclic) bond motifs is 2. The maximum absolute atomic E-state index is 13.0. The molecule has 0 amide bonds. The summed E-state index contributed by atoms with van der Waals surface area (Å²) in [5, 5.41) is 0. The summed E-state index contributed by atoms with van der Waals surface area (Å²) in [5.74, 6) is -0.194. The summed E-state index contributed by atoms with van der Waals surface area (Å²) < 4.78 is 12.1. The van der Waals surface area contributed by atoms with E-state index in [0.717, 1.165) is 44.9 Å². The summed E-state index contributed by atoms with van der Waals surface area (Å²) >= 11 is 0. The van der Waals surface area contributed by atoms with Crippen molar-refractivity contribution in [2.24, 2.45) is 23.7 Å². The zero-order chi connectivity index (χ0) is 19.4. The number of benzene rings is 1. The average molecular weight is 386 g/mol. The number of hydrogen-bond acceptors (Lipinski definition) is 5. The molecule has 0 unspecified atom stereocenters. The largest absolute Gasteiger partial charge is 0.432 e. The average Bonchev–Trinajstić information content (AvgIpc) is 2.92. The highest BCUT2D eigenvalue weighted by molar-refractivity contribution is 5.74. The summed E-state index contributed by atoms with van der Waals surface area (Å²) in [6.07, 6.45) is 5.93. The van der Waals surface area contributed by atoms with E-state index in [4.69, 9.17) is 19.2 Å². The fourth-order valence-electron chi connectivity index (χ4n) is 6.11. The third-order valence-electron chi connectivity index (χ3n) is 7.61. The molecule has 4 aliphatic heterocycles. The number of carbonyl (C=O) groups is 1. The van der Waals surface area contributed by atoms with Gasteiger partial charge in [-0.3, -0.25) is 4.79 Å². The lowest BCUT2D eigenvalue weighted by molar-refractivity contribution is -0.559. The van der Waals surface area contributed by atoms with Crippen LogP contribution in [0.3, 0.4) is 0 Å². The van der Waals surface area contributed by atoms with Gasteiger partial charge in [0.05, 0.1) is 5.92 Å². The van der Waals surface area contributed by atoms with Gasteiger partial charge >= 0.3 is 5.97 Å². The molecule has 152 valence electrons. The van der Waals surface area contributed by atoms with Crippen molar-refractivity contribution < 1.29 is 24.0 Å². The smallest absolute Gasteiger partial charge is 0.311 e. The number of hydrogen-bond donors (Lipinski definition) is 0. The quantitative estimate of drug-likeness (QED) is 0.567. The van der Waals surface area contributed by atoms with E-state index in [1.54, 1.807) is 0 Å². The summed E-state index contributed by atoms with van der Waals surface area (Å²) in [7, 11) is 0. The van der Waals surface area contributed by atoms with Gasteiger partial charge in [0.1, 0.15) is 0 Å². The first-order valence-corrected chi connectivity index (χ1v) is 10.8. The molecule has 4 saturated heterocycles. The molecule has 1 aliphatic carbocycles. The van der Waals surface area contributed by atoms with Gasteiger partial charge in [-0.25, -0.2) is 9.78 Å². The van der Waals surface area contributed by atoms with Gasteiger partial charge in [0.25, 0.3) is 0 Å². The van der Waals surface area contributed by atoms with Gasteiger partial charge in [-0.05, 0) is 56.9 Å². The van der Waals surface area contributed by atoms with Gasteiger partial charge in [-0.1, -0.05) is 37.3 Å². The highest BCUT2D eigenvalue weighted by Gasteiger charge is 2.70. The maximum atomic E-state index is 13.0. The molecule has 1 spiro atoms. The molecule has 0 radical (unpaired) electrons. The van der Waals surface area contributed by atoms with E-state index in [2.05, 4.69) is 31.2 Å². The summed E-state index contributed by atoms with van der Waals surface area (Å²) in [5.41, 5.74) is 0.655. The number of carbonyl (C=O) groups excluding carboxylic acids is 1. The second-order valence-electron chi connectivity index (χ2n) is 9.33. The lowest BCUT2D eigenvalue weighted by atomic mass is 9.57. The monoisotopic (exact) mass is 386 g/mol. The van der Waals surface area contributed by atoms with Crippen molar-refractivity contribution in [2.75, 3.05) is 0 Å². The Kier molecular flexibility index (Phi) is 4.53. The van der Waals surface area contributed by atoms with Gasteiger partial charge in [0, 0.05) is 18.3 Å². The highest BCUT2D eigenvalue weighted by Crippen LogP contribution is 2.60.